The smallest absolute Gasteiger partial charge is 0.267 e. The lowest BCUT2D eigenvalue weighted by Crippen LogP contribution is -2.50. The predicted molar refractivity (Wildman–Crippen MR) is 119 cm³/mol. The summed E-state index contributed by atoms with van der Waals surface area (Å²) >= 11 is 0. The molecule has 3 aromatic rings. The Morgan fingerprint density at radius 2 is 1.53 bits per heavy atom. The molecule has 3 rings (SSSR count). The molecule has 2 amide bonds. The van der Waals surface area contributed by atoms with Gasteiger partial charge in [0.05, 0.1) is 0 Å². The number of nitrogens with two attached hydrogens (primary N) is 1. The highest BCUT2D eigenvalue weighted by Crippen LogP contribution is 2.20. The van der Waals surface area contributed by atoms with Gasteiger partial charge in [0.1, 0.15) is 11.9 Å². The SMILES string of the molecule is NC[C@H](NC(=O)c1ccc(-c2ccc(CNCc3cccc(F)c3)cc2)cc1)C(=O)NO. The number of hydrogen-bond acceptors (Lipinski definition) is 5. The van der Waals surface area contributed by atoms with Gasteiger partial charge < -0.3 is 16.4 Å². The van der Waals surface area contributed by atoms with Crippen molar-refractivity contribution in [1.29, 1.82) is 0 Å². The standard InChI is InChI=1S/C24H25FN4O3/c25-21-3-1-2-17(12-21)15-27-14-16-4-6-18(7-5-16)19-8-10-20(11-9-19)23(30)28-22(13-26)24(31)29-32/h1-12,22,27,32H,13-15,26H2,(H,28,30)(H,29,31)/t22-/m0/s1. The molecule has 0 heterocycles. The van der Waals surface area contributed by atoms with E-state index < -0.39 is 17.9 Å². The first-order valence-electron chi connectivity index (χ1n) is 10.1. The Labute approximate surface area is 185 Å². The Morgan fingerprint density at radius 3 is 2.12 bits per heavy atom. The zero-order valence-electron chi connectivity index (χ0n) is 17.3. The average molecular weight is 436 g/mol. The highest BCUT2D eigenvalue weighted by atomic mass is 19.1. The molecular weight excluding hydrogens is 411 g/mol. The van der Waals surface area contributed by atoms with E-state index in [2.05, 4.69) is 10.6 Å². The molecule has 0 bridgehead atoms. The van der Waals surface area contributed by atoms with Crippen molar-refractivity contribution in [2.45, 2.75) is 19.1 Å². The van der Waals surface area contributed by atoms with Gasteiger partial charge >= 0.3 is 0 Å². The molecule has 8 heteroatoms. The number of nitrogens with one attached hydrogen (secondary N) is 3. The van der Waals surface area contributed by atoms with Crippen molar-refractivity contribution in [1.82, 2.24) is 16.1 Å². The second-order valence-corrected chi connectivity index (χ2v) is 7.25. The Morgan fingerprint density at radius 1 is 0.906 bits per heavy atom. The van der Waals surface area contributed by atoms with Gasteiger partial charge in [0, 0.05) is 25.2 Å². The minimum absolute atomic E-state index is 0.139. The van der Waals surface area contributed by atoms with Gasteiger partial charge in [0.25, 0.3) is 11.8 Å². The summed E-state index contributed by atoms with van der Waals surface area (Å²) in [6.45, 7) is 1.09. The Bertz CT molecular complexity index is 1060. The molecule has 0 aliphatic carbocycles. The van der Waals surface area contributed by atoms with Crippen LogP contribution in [0, 0.1) is 5.82 Å². The third-order valence-corrected chi connectivity index (χ3v) is 4.95. The second kappa shape index (κ2) is 11.1. The zero-order chi connectivity index (χ0) is 22.9. The topological polar surface area (TPSA) is 116 Å². The summed E-state index contributed by atoms with van der Waals surface area (Å²) in [4.78, 5) is 23.7. The molecule has 0 fully saturated rings. The van der Waals surface area contributed by atoms with Crippen LogP contribution in [-0.4, -0.2) is 29.6 Å². The van der Waals surface area contributed by atoms with Gasteiger partial charge in [0.15, 0.2) is 0 Å². The van der Waals surface area contributed by atoms with E-state index in [-0.39, 0.29) is 12.4 Å². The van der Waals surface area contributed by atoms with Gasteiger partial charge in [-0.1, -0.05) is 48.5 Å². The molecular formula is C24H25FN4O3. The van der Waals surface area contributed by atoms with Gasteiger partial charge in [-0.05, 0) is 46.5 Å². The van der Waals surface area contributed by atoms with Crippen LogP contribution in [-0.2, 0) is 17.9 Å². The molecule has 0 aliphatic heterocycles. The lowest BCUT2D eigenvalue weighted by atomic mass is 10.0. The van der Waals surface area contributed by atoms with Crippen LogP contribution in [0.15, 0.2) is 72.8 Å². The number of benzene rings is 3. The molecule has 3 aromatic carbocycles. The van der Waals surface area contributed by atoms with Crippen LogP contribution in [0.4, 0.5) is 4.39 Å². The molecule has 166 valence electrons. The fourth-order valence-corrected chi connectivity index (χ4v) is 3.18. The summed E-state index contributed by atoms with van der Waals surface area (Å²) < 4.78 is 13.2. The van der Waals surface area contributed by atoms with Crippen molar-refractivity contribution in [3.8, 4) is 11.1 Å². The zero-order valence-corrected chi connectivity index (χ0v) is 17.3. The van der Waals surface area contributed by atoms with Crippen LogP contribution in [0.5, 0.6) is 0 Å². The molecule has 1 atom stereocenters. The quantitative estimate of drug-likeness (QED) is 0.261. The molecule has 0 aromatic heterocycles. The largest absolute Gasteiger partial charge is 0.339 e. The van der Waals surface area contributed by atoms with Crippen molar-refractivity contribution < 1.29 is 19.2 Å². The number of hydroxylamine groups is 1. The van der Waals surface area contributed by atoms with Crippen molar-refractivity contribution in [2.75, 3.05) is 6.54 Å². The van der Waals surface area contributed by atoms with Crippen LogP contribution >= 0.6 is 0 Å². The van der Waals surface area contributed by atoms with Gasteiger partial charge in [-0.2, -0.15) is 0 Å². The van der Waals surface area contributed by atoms with E-state index in [4.69, 9.17) is 10.9 Å². The molecule has 0 saturated heterocycles. The Hall–Kier alpha value is -3.59. The van der Waals surface area contributed by atoms with E-state index in [0.717, 1.165) is 22.3 Å². The van der Waals surface area contributed by atoms with Crippen molar-refractivity contribution in [2.24, 2.45) is 5.73 Å². The number of rotatable bonds is 9. The summed E-state index contributed by atoms with van der Waals surface area (Å²) in [5, 5.41) is 14.5. The average Bonchev–Trinajstić information content (AvgIpc) is 2.82. The third kappa shape index (κ3) is 6.21. The number of amides is 2. The molecule has 7 nitrogen and oxygen atoms in total. The number of carbonyl (C=O) groups is 2. The maximum absolute atomic E-state index is 13.2. The summed E-state index contributed by atoms with van der Waals surface area (Å²) in [5.41, 5.74) is 11.2. The molecule has 0 radical (unpaired) electrons. The van der Waals surface area contributed by atoms with E-state index in [1.165, 1.54) is 17.6 Å². The van der Waals surface area contributed by atoms with Crippen LogP contribution in [0.2, 0.25) is 0 Å². The van der Waals surface area contributed by atoms with Crippen molar-refractivity contribution in [3.63, 3.8) is 0 Å². The predicted octanol–water partition coefficient (Wildman–Crippen LogP) is 2.34. The fraction of sp³-hybridized carbons (Fsp3) is 0.167. The summed E-state index contributed by atoms with van der Waals surface area (Å²) in [5.74, 6) is -1.48. The first-order chi connectivity index (χ1) is 15.5. The van der Waals surface area contributed by atoms with Crippen LogP contribution in [0.25, 0.3) is 11.1 Å². The minimum Gasteiger partial charge on any atom is -0.339 e. The van der Waals surface area contributed by atoms with Crippen molar-refractivity contribution in [3.05, 3.63) is 95.3 Å². The number of hydrogen-bond donors (Lipinski definition) is 5. The first kappa shape index (κ1) is 23.1. The highest BCUT2D eigenvalue weighted by molar-refractivity contribution is 5.97. The summed E-state index contributed by atoms with van der Waals surface area (Å²) in [6, 6.07) is 20.4. The van der Waals surface area contributed by atoms with Gasteiger partial charge in [0.2, 0.25) is 0 Å². The van der Waals surface area contributed by atoms with E-state index in [1.807, 2.05) is 42.5 Å². The van der Waals surface area contributed by atoms with E-state index >= 15 is 0 Å². The lowest BCUT2D eigenvalue weighted by molar-refractivity contribution is -0.130. The van der Waals surface area contributed by atoms with Crippen LogP contribution in [0.1, 0.15) is 21.5 Å². The monoisotopic (exact) mass is 436 g/mol. The molecule has 6 N–H and O–H groups in total. The molecule has 0 unspecified atom stereocenters. The second-order valence-electron chi connectivity index (χ2n) is 7.25. The molecule has 0 saturated carbocycles. The molecule has 32 heavy (non-hydrogen) atoms. The Balaban J connectivity index is 1.56. The normalized spacial score (nSPS) is 11.6. The van der Waals surface area contributed by atoms with Crippen molar-refractivity contribution >= 4 is 11.8 Å². The van der Waals surface area contributed by atoms with Gasteiger partial charge in [-0.25, -0.2) is 9.87 Å². The number of carbonyl (C=O) groups excluding carboxylic acids is 2. The number of halogens is 1. The Kier molecular flexibility index (Phi) is 8.04. The summed E-state index contributed by atoms with van der Waals surface area (Å²) in [6.07, 6.45) is 0. The maximum Gasteiger partial charge on any atom is 0.267 e. The summed E-state index contributed by atoms with van der Waals surface area (Å²) in [7, 11) is 0. The van der Waals surface area contributed by atoms with E-state index in [1.54, 1.807) is 18.2 Å². The fourth-order valence-electron chi connectivity index (χ4n) is 3.18. The maximum atomic E-state index is 13.2. The highest BCUT2D eigenvalue weighted by Gasteiger charge is 2.19. The van der Waals surface area contributed by atoms with Crippen LogP contribution in [0.3, 0.4) is 0 Å². The first-order valence-corrected chi connectivity index (χ1v) is 10.1. The van der Waals surface area contributed by atoms with E-state index in [0.29, 0.717) is 18.7 Å². The van der Waals surface area contributed by atoms with Crippen LogP contribution < -0.4 is 21.8 Å². The van der Waals surface area contributed by atoms with Gasteiger partial charge in [-0.15, -0.1) is 0 Å². The molecule has 0 aliphatic rings. The van der Waals surface area contributed by atoms with Gasteiger partial charge in [-0.3, -0.25) is 14.8 Å². The van der Waals surface area contributed by atoms with E-state index in [9.17, 15) is 14.0 Å². The minimum atomic E-state index is -1.02. The molecule has 0 spiro atoms. The lowest BCUT2D eigenvalue weighted by Gasteiger charge is -2.14. The third-order valence-electron chi connectivity index (χ3n) is 4.95.